The normalized spacial score (nSPS) is 18.9. The van der Waals surface area contributed by atoms with Gasteiger partial charge in [-0.15, -0.1) is 0 Å². The van der Waals surface area contributed by atoms with Crippen molar-refractivity contribution in [1.29, 1.82) is 0 Å². The van der Waals surface area contributed by atoms with E-state index in [1.807, 2.05) is 0 Å². The van der Waals surface area contributed by atoms with Crippen LogP contribution in [0.3, 0.4) is 0 Å². The number of benzene rings is 1. The summed E-state index contributed by atoms with van der Waals surface area (Å²) in [5.74, 6) is 0.650. The number of hydrogen-bond donors (Lipinski definition) is 1. The zero-order chi connectivity index (χ0) is 12.8. The van der Waals surface area contributed by atoms with Gasteiger partial charge in [0.2, 0.25) is 0 Å². The Morgan fingerprint density at radius 1 is 1.11 bits per heavy atom. The Bertz CT molecular complexity index is 331. The first-order valence-electron chi connectivity index (χ1n) is 7.02. The number of piperazine rings is 1. The van der Waals surface area contributed by atoms with E-state index in [4.69, 9.17) is 5.73 Å². The molecule has 0 aromatic heterocycles. The van der Waals surface area contributed by atoms with Crippen molar-refractivity contribution in [3.63, 3.8) is 0 Å². The standard InChI is InChI=1S/C15H25N3/c1-14(13-16)7-8-17-9-11-18(12-10-17)15-5-3-2-4-6-15/h2-6,14H,7-13,16H2,1H3. The van der Waals surface area contributed by atoms with Gasteiger partial charge in [-0.2, -0.15) is 0 Å². The van der Waals surface area contributed by atoms with Crippen molar-refractivity contribution in [2.45, 2.75) is 13.3 Å². The molecule has 0 radical (unpaired) electrons. The SMILES string of the molecule is CC(CN)CCN1CCN(c2ccccc2)CC1. The Hall–Kier alpha value is -1.06. The monoisotopic (exact) mass is 247 g/mol. The van der Waals surface area contributed by atoms with Crippen LogP contribution in [0.1, 0.15) is 13.3 Å². The molecule has 1 saturated heterocycles. The van der Waals surface area contributed by atoms with Gasteiger partial charge in [-0.25, -0.2) is 0 Å². The van der Waals surface area contributed by atoms with Gasteiger partial charge in [0.05, 0.1) is 0 Å². The van der Waals surface area contributed by atoms with Gasteiger partial charge < -0.3 is 10.6 Å². The van der Waals surface area contributed by atoms with Crippen molar-refractivity contribution in [3.8, 4) is 0 Å². The molecule has 1 heterocycles. The van der Waals surface area contributed by atoms with Crippen molar-refractivity contribution < 1.29 is 0 Å². The van der Waals surface area contributed by atoms with Crippen LogP contribution in [-0.4, -0.2) is 44.2 Å². The molecule has 1 fully saturated rings. The van der Waals surface area contributed by atoms with E-state index in [2.05, 4.69) is 47.1 Å². The molecular weight excluding hydrogens is 222 g/mol. The van der Waals surface area contributed by atoms with E-state index in [0.29, 0.717) is 5.92 Å². The number of para-hydroxylation sites is 1. The molecule has 1 aromatic rings. The van der Waals surface area contributed by atoms with Crippen LogP contribution in [0.4, 0.5) is 5.69 Å². The molecule has 2 N–H and O–H groups in total. The summed E-state index contributed by atoms with van der Waals surface area (Å²) in [5, 5.41) is 0. The molecule has 0 bridgehead atoms. The molecule has 100 valence electrons. The van der Waals surface area contributed by atoms with Gasteiger partial charge in [-0.05, 0) is 37.6 Å². The molecule has 0 spiro atoms. The third-order valence-corrected chi connectivity index (χ3v) is 3.83. The highest BCUT2D eigenvalue weighted by atomic mass is 15.3. The van der Waals surface area contributed by atoms with Crippen LogP contribution in [0, 0.1) is 5.92 Å². The van der Waals surface area contributed by atoms with Gasteiger partial charge in [-0.1, -0.05) is 25.1 Å². The largest absolute Gasteiger partial charge is 0.369 e. The lowest BCUT2D eigenvalue weighted by Crippen LogP contribution is -2.46. The Morgan fingerprint density at radius 3 is 2.39 bits per heavy atom. The van der Waals surface area contributed by atoms with Crippen LogP contribution in [0.25, 0.3) is 0 Å². The molecule has 2 rings (SSSR count). The third-order valence-electron chi connectivity index (χ3n) is 3.83. The maximum Gasteiger partial charge on any atom is 0.0367 e. The second-order valence-corrected chi connectivity index (χ2v) is 5.29. The molecule has 0 aliphatic carbocycles. The van der Waals surface area contributed by atoms with Crippen molar-refractivity contribution in [1.82, 2.24) is 4.90 Å². The highest BCUT2D eigenvalue weighted by Gasteiger charge is 2.16. The van der Waals surface area contributed by atoms with E-state index in [1.54, 1.807) is 0 Å². The number of rotatable bonds is 5. The Kier molecular flexibility index (Phi) is 5.02. The molecular formula is C15H25N3. The maximum absolute atomic E-state index is 5.66. The smallest absolute Gasteiger partial charge is 0.0367 e. The third kappa shape index (κ3) is 3.72. The molecule has 1 unspecified atom stereocenters. The Morgan fingerprint density at radius 2 is 1.78 bits per heavy atom. The number of hydrogen-bond acceptors (Lipinski definition) is 3. The minimum absolute atomic E-state index is 0.650. The average Bonchev–Trinajstić information content (AvgIpc) is 2.46. The van der Waals surface area contributed by atoms with Gasteiger partial charge in [-0.3, -0.25) is 4.90 Å². The lowest BCUT2D eigenvalue weighted by Gasteiger charge is -2.36. The van der Waals surface area contributed by atoms with Gasteiger partial charge in [0.1, 0.15) is 0 Å². The summed E-state index contributed by atoms with van der Waals surface area (Å²) in [4.78, 5) is 5.04. The fraction of sp³-hybridized carbons (Fsp3) is 0.600. The topological polar surface area (TPSA) is 32.5 Å². The molecule has 18 heavy (non-hydrogen) atoms. The van der Waals surface area contributed by atoms with Crippen molar-refractivity contribution in [2.24, 2.45) is 11.7 Å². The zero-order valence-electron chi connectivity index (χ0n) is 11.4. The summed E-state index contributed by atoms with van der Waals surface area (Å²) >= 11 is 0. The van der Waals surface area contributed by atoms with E-state index in [0.717, 1.165) is 19.6 Å². The molecule has 0 amide bonds. The lowest BCUT2D eigenvalue weighted by molar-refractivity contribution is 0.242. The second-order valence-electron chi connectivity index (χ2n) is 5.29. The maximum atomic E-state index is 5.66. The van der Waals surface area contributed by atoms with E-state index < -0.39 is 0 Å². The molecule has 1 aliphatic heterocycles. The van der Waals surface area contributed by atoms with Gasteiger partial charge in [0, 0.05) is 31.9 Å². The van der Waals surface area contributed by atoms with Gasteiger partial charge in [0.15, 0.2) is 0 Å². The van der Waals surface area contributed by atoms with Crippen molar-refractivity contribution in [2.75, 3.05) is 44.2 Å². The quantitative estimate of drug-likeness (QED) is 0.861. The predicted molar refractivity (Wildman–Crippen MR) is 77.9 cm³/mol. The molecule has 1 atom stereocenters. The summed E-state index contributed by atoms with van der Waals surface area (Å²) in [6.07, 6.45) is 1.22. The van der Waals surface area contributed by atoms with Gasteiger partial charge >= 0.3 is 0 Å². The first-order valence-corrected chi connectivity index (χ1v) is 7.02. The molecule has 3 nitrogen and oxygen atoms in total. The molecule has 1 aromatic carbocycles. The summed E-state index contributed by atoms with van der Waals surface area (Å²) < 4.78 is 0. The summed E-state index contributed by atoms with van der Waals surface area (Å²) in [6, 6.07) is 10.7. The van der Waals surface area contributed by atoms with Crippen LogP contribution in [0.15, 0.2) is 30.3 Å². The average molecular weight is 247 g/mol. The van der Waals surface area contributed by atoms with Crippen LogP contribution in [0.2, 0.25) is 0 Å². The molecule has 1 aliphatic rings. The minimum atomic E-state index is 0.650. The first-order chi connectivity index (χ1) is 8.79. The highest BCUT2D eigenvalue weighted by Crippen LogP contribution is 2.15. The summed E-state index contributed by atoms with van der Waals surface area (Å²) in [7, 11) is 0. The summed E-state index contributed by atoms with van der Waals surface area (Å²) in [6.45, 7) is 8.87. The minimum Gasteiger partial charge on any atom is -0.369 e. The van der Waals surface area contributed by atoms with Gasteiger partial charge in [0.25, 0.3) is 0 Å². The zero-order valence-corrected chi connectivity index (χ0v) is 11.4. The van der Waals surface area contributed by atoms with Crippen LogP contribution in [0.5, 0.6) is 0 Å². The first kappa shape index (κ1) is 13.4. The highest BCUT2D eigenvalue weighted by molar-refractivity contribution is 5.46. The van der Waals surface area contributed by atoms with E-state index in [9.17, 15) is 0 Å². The van der Waals surface area contributed by atoms with E-state index >= 15 is 0 Å². The van der Waals surface area contributed by atoms with Crippen LogP contribution in [-0.2, 0) is 0 Å². The summed E-state index contributed by atoms with van der Waals surface area (Å²) in [5.41, 5.74) is 7.01. The van der Waals surface area contributed by atoms with E-state index in [1.165, 1.54) is 31.7 Å². The molecule has 3 heteroatoms. The fourth-order valence-corrected chi connectivity index (χ4v) is 2.39. The van der Waals surface area contributed by atoms with Crippen molar-refractivity contribution >= 4 is 5.69 Å². The van der Waals surface area contributed by atoms with Crippen molar-refractivity contribution in [3.05, 3.63) is 30.3 Å². The number of nitrogens with two attached hydrogens (primary N) is 1. The molecule has 0 saturated carbocycles. The van der Waals surface area contributed by atoms with Crippen LogP contribution < -0.4 is 10.6 Å². The van der Waals surface area contributed by atoms with Crippen LogP contribution >= 0.6 is 0 Å². The second kappa shape index (κ2) is 6.76. The number of anilines is 1. The lowest BCUT2D eigenvalue weighted by atomic mass is 10.1. The predicted octanol–water partition coefficient (Wildman–Crippen LogP) is 1.79. The Balaban J connectivity index is 1.75. The number of nitrogens with zero attached hydrogens (tertiary/aromatic N) is 2. The fourth-order valence-electron chi connectivity index (χ4n) is 2.39. The Labute approximate surface area is 111 Å². The van der Waals surface area contributed by atoms with E-state index in [-0.39, 0.29) is 0 Å².